The molecule has 0 spiro atoms. The van der Waals surface area contributed by atoms with Crippen LogP contribution >= 0.6 is 0 Å². The van der Waals surface area contributed by atoms with E-state index >= 15 is 0 Å². The smallest absolute Gasteiger partial charge is 0.0458 e. The summed E-state index contributed by atoms with van der Waals surface area (Å²) < 4.78 is 0. The molecule has 2 aliphatic carbocycles. The number of anilines is 2. The van der Waals surface area contributed by atoms with Crippen LogP contribution in [0.15, 0.2) is 188 Å². The van der Waals surface area contributed by atoms with Crippen molar-refractivity contribution in [1.82, 2.24) is 0 Å². The molecule has 2 aliphatic rings. The second kappa shape index (κ2) is 13.6. The number of nitrogens with zero attached hydrogens (tertiary/aromatic N) is 1. The Morgan fingerprint density at radius 1 is 0.521 bits per heavy atom. The second-order valence-corrected chi connectivity index (χ2v) is 12.9. The van der Waals surface area contributed by atoms with Crippen molar-refractivity contribution in [2.24, 2.45) is 0 Å². The first-order valence-corrected chi connectivity index (χ1v) is 17.1. The van der Waals surface area contributed by atoms with Crippen LogP contribution in [0.25, 0.3) is 27.8 Å². The first-order chi connectivity index (χ1) is 23.8. The van der Waals surface area contributed by atoms with E-state index in [1.165, 1.54) is 55.8 Å². The molecule has 0 N–H and O–H groups in total. The summed E-state index contributed by atoms with van der Waals surface area (Å²) >= 11 is 0. The number of allylic oxidation sites excluding steroid dienone is 5. The summed E-state index contributed by atoms with van der Waals surface area (Å²) in [5, 5.41) is 0. The Morgan fingerprint density at radius 2 is 1.15 bits per heavy atom. The van der Waals surface area contributed by atoms with Gasteiger partial charge in [-0.1, -0.05) is 152 Å². The molecule has 1 atom stereocenters. The minimum atomic E-state index is 0.551. The van der Waals surface area contributed by atoms with E-state index in [9.17, 15) is 0 Å². The Balaban J connectivity index is 0.996. The van der Waals surface area contributed by atoms with Crippen molar-refractivity contribution in [1.29, 1.82) is 0 Å². The molecule has 1 unspecified atom stereocenters. The maximum absolute atomic E-state index is 2.38. The zero-order chi connectivity index (χ0) is 32.1. The fourth-order valence-electron chi connectivity index (χ4n) is 7.36. The first-order valence-electron chi connectivity index (χ1n) is 17.1. The van der Waals surface area contributed by atoms with Gasteiger partial charge in [0.25, 0.3) is 0 Å². The van der Waals surface area contributed by atoms with Crippen molar-refractivity contribution < 1.29 is 0 Å². The number of benzene rings is 6. The SMILES string of the molecule is C1=CC(c2ccccc2)=CC=C(N(c2ccccc2)c2ccc(-c3ccc(CCC4Cc5ccccc5-c5ccccc54)cc3)cc2)C1. The predicted octanol–water partition coefficient (Wildman–Crippen LogP) is 12.4. The number of aryl methyl sites for hydroxylation is 1. The highest BCUT2D eigenvalue weighted by atomic mass is 15.1. The molecular weight excluding hydrogens is 579 g/mol. The molecule has 8 rings (SSSR count). The number of para-hydroxylation sites is 1. The number of fused-ring (bicyclic) bond motifs is 3. The van der Waals surface area contributed by atoms with Crippen LogP contribution < -0.4 is 4.90 Å². The molecular formula is C47H39N. The van der Waals surface area contributed by atoms with Gasteiger partial charge in [-0.25, -0.2) is 0 Å². The lowest BCUT2D eigenvalue weighted by atomic mass is 9.76. The van der Waals surface area contributed by atoms with Crippen molar-refractivity contribution in [3.8, 4) is 22.3 Å². The van der Waals surface area contributed by atoms with Crippen molar-refractivity contribution in [2.75, 3.05) is 4.90 Å². The second-order valence-electron chi connectivity index (χ2n) is 12.9. The van der Waals surface area contributed by atoms with Gasteiger partial charge in [0.15, 0.2) is 0 Å². The Kier molecular flexibility index (Phi) is 8.42. The fourth-order valence-corrected chi connectivity index (χ4v) is 7.36. The van der Waals surface area contributed by atoms with Crippen molar-refractivity contribution in [3.63, 3.8) is 0 Å². The lowest BCUT2D eigenvalue weighted by Gasteiger charge is -2.28. The summed E-state index contributed by atoms with van der Waals surface area (Å²) in [6.07, 6.45) is 13.2. The Hall–Kier alpha value is -5.66. The number of hydrogen-bond acceptors (Lipinski definition) is 1. The molecule has 0 fully saturated rings. The van der Waals surface area contributed by atoms with Crippen LogP contribution in [0.1, 0.15) is 41.0 Å². The monoisotopic (exact) mass is 617 g/mol. The van der Waals surface area contributed by atoms with Gasteiger partial charge in [-0.3, -0.25) is 0 Å². The van der Waals surface area contributed by atoms with Crippen LogP contribution in [0.4, 0.5) is 11.4 Å². The van der Waals surface area contributed by atoms with Crippen LogP contribution in [0.5, 0.6) is 0 Å². The van der Waals surface area contributed by atoms with E-state index in [0.717, 1.165) is 37.1 Å². The minimum absolute atomic E-state index is 0.551. The van der Waals surface area contributed by atoms with E-state index in [2.05, 4.69) is 187 Å². The molecule has 0 saturated carbocycles. The van der Waals surface area contributed by atoms with E-state index in [-0.39, 0.29) is 0 Å². The van der Waals surface area contributed by atoms with Gasteiger partial charge in [0.05, 0.1) is 0 Å². The summed E-state index contributed by atoms with van der Waals surface area (Å²) in [7, 11) is 0. The molecule has 0 amide bonds. The summed E-state index contributed by atoms with van der Waals surface area (Å²) in [5.74, 6) is 0.551. The van der Waals surface area contributed by atoms with E-state index in [4.69, 9.17) is 0 Å². The molecule has 0 radical (unpaired) electrons. The zero-order valence-corrected chi connectivity index (χ0v) is 27.2. The molecule has 232 valence electrons. The quantitative estimate of drug-likeness (QED) is 0.164. The maximum Gasteiger partial charge on any atom is 0.0458 e. The standard InChI is InChI=1S/C47H39N/c1-3-12-36(13-4-1)37-15-11-18-43(31-28-37)48(42-16-5-2-6-17-42)44-32-29-39(30-33-44)38-25-22-35(23-26-38)24-27-41-34-40-14-7-8-19-45(40)47-21-10-9-20-46(41)47/h1-17,19-23,25-26,28-33,41H,18,24,27,34H2. The third-order valence-electron chi connectivity index (χ3n) is 9.86. The van der Waals surface area contributed by atoms with E-state index in [0.29, 0.717) is 5.92 Å². The number of hydrogen-bond donors (Lipinski definition) is 0. The highest BCUT2D eigenvalue weighted by Gasteiger charge is 2.24. The summed E-state index contributed by atoms with van der Waals surface area (Å²) in [4.78, 5) is 2.38. The summed E-state index contributed by atoms with van der Waals surface area (Å²) in [5.41, 5.74) is 15.7. The molecule has 1 nitrogen and oxygen atoms in total. The van der Waals surface area contributed by atoms with E-state index in [1.54, 1.807) is 0 Å². The van der Waals surface area contributed by atoms with Crippen LogP contribution in [0, 0.1) is 0 Å². The van der Waals surface area contributed by atoms with Gasteiger partial charge in [0.1, 0.15) is 0 Å². The molecule has 6 aromatic rings. The lowest BCUT2D eigenvalue weighted by Crippen LogP contribution is -2.15. The average Bonchev–Trinajstić information content (AvgIpc) is 3.42. The summed E-state index contributed by atoms with van der Waals surface area (Å²) in [6.45, 7) is 0. The molecule has 1 heteroatoms. The Morgan fingerprint density at radius 3 is 1.92 bits per heavy atom. The topological polar surface area (TPSA) is 3.24 Å². The third kappa shape index (κ3) is 6.20. The van der Waals surface area contributed by atoms with Crippen molar-refractivity contribution in [2.45, 2.75) is 31.6 Å². The van der Waals surface area contributed by atoms with Gasteiger partial charge in [0.2, 0.25) is 0 Å². The van der Waals surface area contributed by atoms with Crippen LogP contribution in [-0.2, 0) is 12.8 Å². The Labute approximate surface area is 284 Å². The van der Waals surface area contributed by atoms with Gasteiger partial charge < -0.3 is 4.90 Å². The molecule has 0 heterocycles. The first kappa shape index (κ1) is 29.7. The van der Waals surface area contributed by atoms with Gasteiger partial charge >= 0.3 is 0 Å². The van der Waals surface area contributed by atoms with E-state index in [1.807, 2.05) is 0 Å². The molecule has 48 heavy (non-hydrogen) atoms. The van der Waals surface area contributed by atoms with Gasteiger partial charge in [-0.05, 0) is 106 Å². The molecule has 0 bridgehead atoms. The average molecular weight is 618 g/mol. The zero-order valence-electron chi connectivity index (χ0n) is 27.2. The third-order valence-corrected chi connectivity index (χ3v) is 9.86. The van der Waals surface area contributed by atoms with Gasteiger partial charge in [0, 0.05) is 23.5 Å². The fraction of sp³-hybridized carbons (Fsp3) is 0.106. The highest BCUT2D eigenvalue weighted by Crippen LogP contribution is 2.41. The maximum atomic E-state index is 2.38. The van der Waals surface area contributed by atoms with E-state index < -0.39 is 0 Å². The van der Waals surface area contributed by atoms with Crippen LogP contribution in [0.2, 0.25) is 0 Å². The minimum Gasteiger partial charge on any atom is -0.314 e. The lowest BCUT2D eigenvalue weighted by molar-refractivity contribution is 0.616. The predicted molar refractivity (Wildman–Crippen MR) is 203 cm³/mol. The molecule has 0 aromatic heterocycles. The summed E-state index contributed by atoms with van der Waals surface area (Å²) in [6, 6.07) is 57.5. The van der Waals surface area contributed by atoms with Gasteiger partial charge in [-0.2, -0.15) is 0 Å². The highest BCUT2D eigenvalue weighted by molar-refractivity contribution is 5.78. The largest absolute Gasteiger partial charge is 0.314 e. The van der Waals surface area contributed by atoms with Crippen LogP contribution in [0.3, 0.4) is 0 Å². The molecule has 0 aliphatic heterocycles. The number of rotatable bonds is 8. The van der Waals surface area contributed by atoms with Crippen molar-refractivity contribution in [3.05, 3.63) is 210 Å². The van der Waals surface area contributed by atoms with Gasteiger partial charge in [-0.15, -0.1) is 0 Å². The normalized spacial score (nSPS) is 15.0. The Bertz CT molecular complexity index is 2100. The molecule has 6 aromatic carbocycles. The van der Waals surface area contributed by atoms with Crippen molar-refractivity contribution >= 4 is 16.9 Å². The molecule has 0 saturated heterocycles. The van der Waals surface area contributed by atoms with Crippen LogP contribution in [-0.4, -0.2) is 0 Å².